The molecule has 0 radical (unpaired) electrons. The average Bonchev–Trinajstić information content (AvgIpc) is 2.66. The molecule has 0 amide bonds. The molecule has 1 rings (SSSR count). The van der Waals surface area contributed by atoms with E-state index < -0.39 is 5.97 Å². The lowest BCUT2D eigenvalue weighted by Crippen LogP contribution is -2.08. The van der Waals surface area contributed by atoms with Crippen molar-refractivity contribution >= 4 is 11.9 Å². The SMILES string of the molecule is C=C1OC1=O.CCCC(C)C(=O)O. The molecule has 1 aliphatic rings. The summed E-state index contributed by atoms with van der Waals surface area (Å²) in [5.41, 5.74) is 0. The van der Waals surface area contributed by atoms with Gasteiger partial charge in [-0.3, -0.25) is 4.79 Å². The first-order chi connectivity index (χ1) is 5.99. The molecule has 1 unspecified atom stereocenters. The van der Waals surface area contributed by atoms with E-state index in [-0.39, 0.29) is 17.6 Å². The Morgan fingerprint density at radius 2 is 2.08 bits per heavy atom. The molecule has 74 valence electrons. The van der Waals surface area contributed by atoms with E-state index in [1.54, 1.807) is 6.92 Å². The number of hydrogen-bond donors (Lipinski definition) is 1. The second kappa shape index (κ2) is 5.35. The Kier molecular flexibility index (Phi) is 4.80. The highest BCUT2D eigenvalue weighted by atomic mass is 16.6. The molecule has 1 atom stereocenters. The lowest BCUT2D eigenvalue weighted by Gasteiger charge is -2.00. The number of cyclic esters (lactones) is 1. The molecule has 1 saturated heterocycles. The summed E-state index contributed by atoms with van der Waals surface area (Å²) in [6, 6.07) is 0. The third-order valence-corrected chi connectivity index (χ3v) is 1.55. The van der Waals surface area contributed by atoms with Crippen molar-refractivity contribution in [1.82, 2.24) is 0 Å². The van der Waals surface area contributed by atoms with E-state index in [2.05, 4.69) is 11.3 Å². The third-order valence-electron chi connectivity index (χ3n) is 1.55. The molecule has 1 heterocycles. The largest absolute Gasteiger partial charge is 0.481 e. The predicted octanol–water partition coefficient (Wildman–Crippen LogP) is 1.56. The molecule has 0 bridgehead atoms. The molecule has 4 heteroatoms. The van der Waals surface area contributed by atoms with Crippen LogP contribution >= 0.6 is 0 Å². The average molecular weight is 186 g/mol. The second-order valence-corrected chi connectivity index (χ2v) is 2.84. The fourth-order valence-corrected chi connectivity index (χ4v) is 0.643. The summed E-state index contributed by atoms with van der Waals surface area (Å²) in [4.78, 5) is 19.7. The first-order valence-corrected chi connectivity index (χ1v) is 4.13. The highest BCUT2D eigenvalue weighted by Crippen LogP contribution is 2.11. The maximum Gasteiger partial charge on any atom is 0.379 e. The number of epoxide rings is 1. The molecule has 0 aromatic heterocycles. The molecule has 0 aliphatic carbocycles. The van der Waals surface area contributed by atoms with Crippen LogP contribution < -0.4 is 0 Å². The van der Waals surface area contributed by atoms with Gasteiger partial charge >= 0.3 is 11.9 Å². The van der Waals surface area contributed by atoms with E-state index in [1.807, 2.05) is 6.92 Å². The summed E-state index contributed by atoms with van der Waals surface area (Å²) in [5, 5.41) is 8.31. The van der Waals surface area contributed by atoms with Gasteiger partial charge in [0.15, 0.2) is 0 Å². The molecule has 0 aromatic carbocycles. The van der Waals surface area contributed by atoms with Crippen LogP contribution in [0.25, 0.3) is 0 Å². The molecule has 1 aliphatic heterocycles. The highest BCUT2D eigenvalue weighted by molar-refractivity contribution is 5.99. The summed E-state index contributed by atoms with van der Waals surface area (Å²) < 4.78 is 4.08. The first kappa shape index (κ1) is 11.7. The van der Waals surface area contributed by atoms with Gasteiger partial charge in [-0.05, 0) is 13.0 Å². The van der Waals surface area contributed by atoms with Crippen LogP contribution in [0.15, 0.2) is 12.3 Å². The van der Waals surface area contributed by atoms with E-state index in [1.165, 1.54) is 0 Å². The zero-order valence-electron chi connectivity index (χ0n) is 7.87. The standard InChI is InChI=1S/C6H12O2.C3H2O2/c1-3-4-5(2)6(7)8;1-2-3(4)5-2/h5H,3-4H2,1-2H3,(H,7,8);1H2. The van der Waals surface area contributed by atoms with Gasteiger partial charge in [-0.2, -0.15) is 0 Å². The molecule has 1 fully saturated rings. The van der Waals surface area contributed by atoms with Crippen molar-refractivity contribution in [2.45, 2.75) is 26.7 Å². The van der Waals surface area contributed by atoms with Gasteiger partial charge in [0.1, 0.15) is 0 Å². The number of carbonyl (C=O) groups is 2. The summed E-state index contributed by atoms with van der Waals surface area (Å²) in [7, 11) is 0. The van der Waals surface area contributed by atoms with Crippen molar-refractivity contribution in [3.05, 3.63) is 12.3 Å². The van der Waals surface area contributed by atoms with Gasteiger partial charge in [-0.1, -0.05) is 20.3 Å². The van der Waals surface area contributed by atoms with Crippen molar-refractivity contribution in [2.24, 2.45) is 5.92 Å². The van der Waals surface area contributed by atoms with Gasteiger partial charge in [0.05, 0.1) is 5.92 Å². The Morgan fingerprint density at radius 3 is 2.15 bits per heavy atom. The molecule has 1 N–H and O–H groups in total. The minimum absolute atomic E-state index is 0.167. The van der Waals surface area contributed by atoms with E-state index in [9.17, 15) is 9.59 Å². The molecular weight excluding hydrogens is 172 g/mol. The van der Waals surface area contributed by atoms with Crippen LogP contribution in [0.4, 0.5) is 0 Å². The van der Waals surface area contributed by atoms with Crippen LogP contribution in [-0.4, -0.2) is 17.0 Å². The maximum absolute atomic E-state index is 10.1. The van der Waals surface area contributed by atoms with Crippen LogP contribution in [-0.2, 0) is 14.3 Å². The Morgan fingerprint density at radius 1 is 1.69 bits per heavy atom. The van der Waals surface area contributed by atoms with E-state index >= 15 is 0 Å². The first-order valence-electron chi connectivity index (χ1n) is 4.13. The van der Waals surface area contributed by atoms with Crippen molar-refractivity contribution in [1.29, 1.82) is 0 Å². The quantitative estimate of drug-likeness (QED) is 0.536. The number of carboxylic acid groups (broad SMARTS) is 1. The monoisotopic (exact) mass is 186 g/mol. The zero-order valence-corrected chi connectivity index (χ0v) is 7.87. The van der Waals surface area contributed by atoms with Gasteiger partial charge in [0, 0.05) is 0 Å². The Hall–Kier alpha value is -1.32. The second-order valence-electron chi connectivity index (χ2n) is 2.84. The fourth-order valence-electron chi connectivity index (χ4n) is 0.643. The van der Waals surface area contributed by atoms with Crippen molar-refractivity contribution < 1.29 is 19.4 Å². The molecule has 13 heavy (non-hydrogen) atoms. The number of ether oxygens (including phenoxy) is 1. The number of hydrogen-bond acceptors (Lipinski definition) is 3. The third kappa shape index (κ3) is 5.90. The molecule has 0 saturated carbocycles. The molecule has 0 spiro atoms. The number of carbonyl (C=O) groups excluding carboxylic acids is 1. The van der Waals surface area contributed by atoms with Gasteiger partial charge in [0.2, 0.25) is 5.76 Å². The van der Waals surface area contributed by atoms with E-state index in [0.29, 0.717) is 0 Å². The Bertz CT molecular complexity index is 208. The normalized spacial score (nSPS) is 15.2. The van der Waals surface area contributed by atoms with Crippen LogP contribution in [0.1, 0.15) is 26.7 Å². The number of carboxylic acids is 1. The van der Waals surface area contributed by atoms with Gasteiger partial charge in [-0.25, -0.2) is 4.79 Å². The lowest BCUT2D eigenvalue weighted by molar-refractivity contribution is -0.141. The predicted molar refractivity (Wildman–Crippen MR) is 46.9 cm³/mol. The summed E-state index contributed by atoms with van der Waals surface area (Å²) >= 11 is 0. The summed E-state index contributed by atoms with van der Waals surface area (Å²) in [5.74, 6) is -0.846. The minimum atomic E-state index is -0.688. The van der Waals surface area contributed by atoms with Gasteiger partial charge in [-0.15, -0.1) is 0 Å². The zero-order chi connectivity index (χ0) is 10.4. The molecule has 4 nitrogen and oxygen atoms in total. The van der Waals surface area contributed by atoms with Crippen LogP contribution in [0, 0.1) is 5.92 Å². The van der Waals surface area contributed by atoms with Gasteiger partial charge in [0.25, 0.3) is 0 Å². The van der Waals surface area contributed by atoms with E-state index in [4.69, 9.17) is 5.11 Å². The molecule has 0 aromatic rings. The topological polar surface area (TPSA) is 66.9 Å². The Balaban J connectivity index is 0.000000243. The summed E-state index contributed by atoms with van der Waals surface area (Å²) in [6.07, 6.45) is 1.74. The van der Waals surface area contributed by atoms with Crippen LogP contribution in [0.5, 0.6) is 0 Å². The van der Waals surface area contributed by atoms with Crippen LogP contribution in [0.2, 0.25) is 0 Å². The Labute approximate surface area is 77.2 Å². The van der Waals surface area contributed by atoms with Crippen LogP contribution in [0.3, 0.4) is 0 Å². The number of rotatable bonds is 3. The minimum Gasteiger partial charge on any atom is -0.481 e. The van der Waals surface area contributed by atoms with Crippen molar-refractivity contribution in [3.63, 3.8) is 0 Å². The smallest absolute Gasteiger partial charge is 0.379 e. The lowest BCUT2D eigenvalue weighted by atomic mass is 10.1. The number of aliphatic carboxylic acids is 1. The van der Waals surface area contributed by atoms with E-state index in [0.717, 1.165) is 12.8 Å². The van der Waals surface area contributed by atoms with Crippen molar-refractivity contribution in [2.75, 3.05) is 0 Å². The maximum atomic E-state index is 10.1. The highest BCUT2D eigenvalue weighted by Gasteiger charge is 2.26. The van der Waals surface area contributed by atoms with Gasteiger partial charge < -0.3 is 9.84 Å². The fraction of sp³-hybridized carbons (Fsp3) is 0.556. The molecular formula is C9H14O4. The van der Waals surface area contributed by atoms with Crippen molar-refractivity contribution in [3.8, 4) is 0 Å². The summed E-state index contributed by atoms with van der Waals surface area (Å²) in [6.45, 7) is 6.89.